The van der Waals surface area contributed by atoms with Gasteiger partial charge in [-0.15, -0.1) is 0 Å². The molecule has 1 aromatic rings. The first-order valence-electron chi connectivity index (χ1n) is 5.22. The van der Waals surface area contributed by atoms with Crippen molar-refractivity contribution in [3.05, 3.63) is 18.0 Å². The molecule has 0 atom stereocenters. The fraction of sp³-hybridized carbons (Fsp3) is 0.636. The highest BCUT2D eigenvalue weighted by molar-refractivity contribution is 5.78. The van der Waals surface area contributed by atoms with E-state index < -0.39 is 0 Å². The summed E-state index contributed by atoms with van der Waals surface area (Å²) in [5, 5.41) is 4.07. The van der Waals surface area contributed by atoms with Gasteiger partial charge >= 0.3 is 0 Å². The maximum absolute atomic E-state index is 11.5. The number of carbonyl (C=O) groups is 1. The van der Waals surface area contributed by atoms with E-state index in [1.165, 1.54) is 0 Å². The number of Topliss-reactive ketones (excluding diaryl/α,β-unsaturated/α-hetero) is 1. The summed E-state index contributed by atoms with van der Waals surface area (Å²) in [6.07, 6.45) is 5.85. The van der Waals surface area contributed by atoms with Gasteiger partial charge in [0.2, 0.25) is 0 Å². The minimum atomic E-state index is 0.326. The third-order valence-corrected chi connectivity index (χ3v) is 2.29. The second kappa shape index (κ2) is 5.66. The summed E-state index contributed by atoms with van der Waals surface area (Å²) >= 11 is 0. The van der Waals surface area contributed by atoms with Crippen molar-refractivity contribution in [1.82, 2.24) is 14.7 Å². The predicted molar refractivity (Wildman–Crippen MR) is 59.7 cm³/mol. The van der Waals surface area contributed by atoms with Crippen LogP contribution in [0.4, 0.5) is 0 Å². The number of ketones is 1. The van der Waals surface area contributed by atoms with Crippen LogP contribution in [0.25, 0.3) is 0 Å². The molecule has 4 heteroatoms. The minimum Gasteiger partial charge on any atom is -0.309 e. The Labute approximate surface area is 90.9 Å². The molecule has 0 amide bonds. The van der Waals surface area contributed by atoms with Gasteiger partial charge < -0.3 is 4.90 Å². The van der Waals surface area contributed by atoms with Crippen LogP contribution in [0.15, 0.2) is 12.4 Å². The first-order chi connectivity index (χ1) is 7.08. The Morgan fingerprint density at radius 1 is 1.47 bits per heavy atom. The van der Waals surface area contributed by atoms with E-state index in [9.17, 15) is 4.79 Å². The van der Waals surface area contributed by atoms with Gasteiger partial charge in [-0.05, 0) is 26.1 Å². The van der Waals surface area contributed by atoms with Gasteiger partial charge in [0, 0.05) is 32.6 Å². The Kier molecular flexibility index (Phi) is 4.49. The molecule has 0 N–H and O–H groups in total. The fourth-order valence-corrected chi connectivity index (χ4v) is 1.36. The number of nitrogens with zero attached hydrogens (tertiary/aromatic N) is 3. The van der Waals surface area contributed by atoms with Crippen molar-refractivity contribution in [3.8, 4) is 0 Å². The molecule has 0 radical (unpaired) electrons. The molecule has 15 heavy (non-hydrogen) atoms. The van der Waals surface area contributed by atoms with Crippen LogP contribution in [-0.2, 0) is 18.3 Å². The molecule has 4 nitrogen and oxygen atoms in total. The molecular formula is C11H19N3O. The molecule has 0 aliphatic rings. The Morgan fingerprint density at radius 3 is 2.73 bits per heavy atom. The molecule has 0 spiro atoms. The van der Waals surface area contributed by atoms with Crippen molar-refractivity contribution in [3.63, 3.8) is 0 Å². The number of rotatable bonds is 6. The quantitative estimate of drug-likeness (QED) is 0.698. The van der Waals surface area contributed by atoms with E-state index in [2.05, 4.69) is 5.10 Å². The highest BCUT2D eigenvalue weighted by atomic mass is 16.1. The molecule has 1 heterocycles. The molecule has 84 valence electrons. The number of carbonyl (C=O) groups excluding carboxylic acids is 1. The summed E-state index contributed by atoms with van der Waals surface area (Å²) in [5.41, 5.74) is 1.13. The molecule has 0 aliphatic heterocycles. The van der Waals surface area contributed by atoms with Crippen LogP contribution in [-0.4, -0.2) is 41.1 Å². The number of hydrogen-bond acceptors (Lipinski definition) is 3. The van der Waals surface area contributed by atoms with Crippen molar-refractivity contribution in [2.24, 2.45) is 7.05 Å². The van der Waals surface area contributed by atoms with E-state index in [4.69, 9.17) is 0 Å². The Bertz CT molecular complexity index is 317. The van der Waals surface area contributed by atoms with Crippen LogP contribution in [0.3, 0.4) is 0 Å². The van der Waals surface area contributed by atoms with Crippen molar-refractivity contribution >= 4 is 5.78 Å². The fourth-order valence-electron chi connectivity index (χ4n) is 1.36. The lowest BCUT2D eigenvalue weighted by molar-refractivity contribution is -0.119. The summed E-state index contributed by atoms with van der Waals surface area (Å²) in [6.45, 7) is 0.839. The van der Waals surface area contributed by atoms with E-state index in [0.717, 1.165) is 18.5 Å². The van der Waals surface area contributed by atoms with E-state index in [1.807, 2.05) is 38.4 Å². The minimum absolute atomic E-state index is 0.326. The number of hydrogen-bond donors (Lipinski definition) is 0. The second-order valence-electron chi connectivity index (χ2n) is 4.11. The molecule has 1 rings (SSSR count). The summed E-state index contributed by atoms with van der Waals surface area (Å²) in [7, 11) is 5.85. The lowest BCUT2D eigenvalue weighted by atomic mass is 10.1. The maximum atomic E-state index is 11.5. The number of aryl methyl sites for hydroxylation is 2. The predicted octanol–water partition coefficient (Wildman–Crippen LogP) is 0.873. The van der Waals surface area contributed by atoms with Crippen molar-refractivity contribution in [2.75, 3.05) is 20.6 Å². The zero-order chi connectivity index (χ0) is 11.3. The summed E-state index contributed by atoms with van der Waals surface area (Å²) in [5.74, 6) is 0.326. The van der Waals surface area contributed by atoms with E-state index in [-0.39, 0.29) is 0 Å². The average molecular weight is 209 g/mol. The highest BCUT2D eigenvalue weighted by Crippen LogP contribution is 2.03. The van der Waals surface area contributed by atoms with Crippen LogP contribution >= 0.6 is 0 Å². The van der Waals surface area contributed by atoms with E-state index >= 15 is 0 Å². The zero-order valence-corrected chi connectivity index (χ0v) is 9.73. The SMILES string of the molecule is CN(C)CCC(=O)CCc1cnn(C)c1. The van der Waals surface area contributed by atoms with Gasteiger partial charge in [-0.2, -0.15) is 5.10 Å². The Hall–Kier alpha value is -1.16. The molecular weight excluding hydrogens is 190 g/mol. The number of aromatic nitrogens is 2. The Morgan fingerprint density at radius 2 is 2.20 bits per heavy atom. The lowest BCUT2D eigenvalue weighted by Crippen LogP contribution is -2.16. The first-order valence-corrected chi connectivity index (χ1v) is 5.22. The summed E-state index contributed by atoms with van der Waals surface area (Å²) < 4.78 is 1.76. The van der Waals surface area contributed by atoms with Gasteiger partial charge in [-0.3, -0.25) is 9.48 Å². The second-order valence-corrected chi connectivity index (χ2v) is 4.11. The topological polar surface area (TPSA) is 38.1 Å². The molecule has 0 aliphatic carbocycles. The third kappa shape index (κ3) is 4.74. The first kappa shape index (κ1) is 11.9. The summed E-state index contributed by atoms with van der Waals surface area (Å²) in [6, 6.07) is 0. The van der Waals surface area contributed by atoms with Crippen LogP contribution in [0.1, 0.15) is 18.4 Å². The van der Waals surface area contributed by atoms with Crippen molar-refractivity contribution < 1.29 is 4.79 Å². The van der Waals surface area contributed by atoms with Gasteiger partial charge in [-0.1, -0.05) is 0 Å². The molecule has 0 saturated carbocycles. The lowest BCUT2D eigenvalue weighted by Gasteiger charge is -2.07. The van der Waals surface area contributed by atoms with E-state index in [0.29, 0.717) is 18.6 Å². The van der Waals surface area contributed by atoms with Crippen molar-refractivity contribution in [2.45, 2.75) is 19.3 Å². The zero-order valence-electron chi connectivity index (χ0n) is 9.73. The largest absolute Gasteiger partial charge is 0.309 e. The molecule has 0 aromatic carbocycles. The van der Waals surface area contributed by atoms with Crippen LogP contribution < -0.4 is 0 Å². The smallest absolute Gasteiger partial charge is 0.134 e. The maximum Gasteiger partial charge on any atom is 0.134 e. The van der Waals surface area contributed by atoms with E-state index in [1.54, 1.807) is 4.68 Å². The van der Waals surface area contributed by atoms with Crippen LogP contribution in [0.5, 0.6) is 0 Å². The Balaban J connectivity index is 2.22. The molecule has 1 aromatic heterocycles. The van der Waals surface area contributed by atoms with Gasteiger partial charge in [0.15, 0.2) is 0 Å². The normalized spacial score (nSPS) is 10.9. The summed E-state index contributed by atoms with van der Waals surface area (Å²) in [4.78, 5) is 13.5. The standard InChI is InChI=1S/C11H19N3O/c1-13(2)7-6-11(15)5-4-10-8-12-14(3)9-10/h8-9H,4-7H2,1-3H3. The molecule has 0 fully saturated rings. The monoisotopic (exact) mass is 209 g/mol. The van der Waals surface area contributed by atoms with Gasteiger partial charge in [0.05, 0.1) is 6.20 Å². The highest BCUT2D eigenvalue weighted by Gasteiger charge is 2.04. The van der Waals surface area contributed by atoms with Crippen molar-refractivity contribution in [1.29, 1.82) is 0 Å². The van der Waals surface area contributed by atoms with Crippen LogP contribution in [0, 0.1) is 0 Å². The third-order valence-electron chi connectivity index (χ3n) is 2.29. The van der Waals surface area contributed by atoms with Crippen LogP contribution in [0.2, 0.25) is 0 Å². The van der Waals surface area contributed by atoms with Gasteiger partial charge in [0.1, 0.15) is 5.78 Å². The molecule has 0 bridgehead atoms. The average Bonchev–Trinajstić information content (AvgIpc) is 2.58. The van der Waals surface area contributed by atoms with Gasteiger partial charge in [0.25, 0.3) is 0 Å². The van der Waals surface area contributed by atoms with Gasteiger partial charge in [-0.25, -0.2) is 0 Å². The molecule has 0 unspecified atom stereocenters. The molecule has 0 saturated heterocycles.